The molecule has 146 valence electrons. The second-order valence-electron chi connectivity index (χ2n) is 5.76. The van der Waals surface area contributed by atoms with Crippen LogP contribution in [-0.2, 0) is 23.8 Å². The van der Waals surface area contributed by atoms with Crippen LogP contribution in [0.2, 0.25) is 0 Å². The van der Waals surface area contributed by atoms with E-state index in [0.717, 1.165) is 12.0 Å². The number of allylic oxidation sites excluding steroid dienone is 3. The van der Waals surface area contributed by atoms with Gasteiger partial charge in [0.05, 0.1) is 25.4 Å². The number of carbonyl (C=O) groups is 3. The van der Waals surface area contributed by atoms with Crippen molar-refractivity contribution < 1.29 is 28.6 Å². The lowest BCUT2D eigenvalue weighted by Gasteiger charge is -2.24. The average Bonchev–Trinajstić information content (AvgIpc) is 2.73. The molecule has 0 N–H and O–H groups in total. The fraction of sp³-hybridized carbons (Fsp3) is 0.190. The van der Waals surface area contributed by atoms with Crippen LogP contribution in [0.15, 0.2) is 78.5 Å². The number of hydrogen-bond donors (Lipinski definition) is 0. The Bertz CT molecular complexity index is 851. The number of hydrogen-bond acceptors (Lipinski definition) is 7. The molecule has 0 spiro atoms. The van der Waals surface area contributed by atoms with Crippen molar-refractivity contribution in [1.29, 1.82) is 0 Å². The normalized spacial score (nSPS) is 16.5. The summed E-state index contributed by atoms with van der Waals surface area (Å²) in [5, 5.41) is 0. The molecule has 2 rings (SSSR count). The molecule has 0 radical (unpaired) electrons. The molecule has 28 heavy (non-hydrogen) atoms. The summed E-state index contributed by atoms with van der Waals surface area (Å²) in [4.78, 5) is 37.2. The molecule has 0 bridgehead atoms. The standard InChI is InChI=1S/C21H21NO6/c1-15-13-17(9-11-22(15)12-10-19(23)26-2)18(21(25)27-3)14-28-20(24)16-7-5-4-6-8-16/h4-14,17H,1-3H3/b12-10+,18-14+. The minimum absolute atomic E-state index is 0.166. The third-order valence-corrected chi connectivity index (χ3v) is 3.94. The maximum absolute atomic E-state index is 12.2. The Labute approximate surface area is 163 Å². The highest BCUT2D eigenvalue weighted by Gasteiger charge is 2.22. The van der Waals surface area contributed by atoms with Crippen molar-refractivity contribution in [1.82, 2.24) is 4.90 Å². The second-order valence-corrected chi connectivity index (χ2v) is 5.76. The molecule has 1 aliphatic rings. The van der Waals surface area contributed by atoms with Crippen molar-refractivity contribution >= 4 is 17.9 Å². The Morgan fingerprint density at radius 3 is 2.39 bits per heavy atom. The summed E-state index contributed by atoms with van der Waals surface area (Å²) >= 11 is 0. The fourth-order valence-electron chi connectivity index (χ4n) is 2.41. The summed E-state index contributed by atoms with van der Waals surface area (Å²) in [7, 11) is 2.55. The van der Waals surface area contributed by atoms with Crippen LogP contribution in [0, 0.1) is 5.92 Å². The minimum Gasteiger partial charge on any atom is -0.466 e. The maximum Gasteiger partial charge on any atom is 0.342 e. The monoisotopic (exact) mass is 383 g/mol. The van der Waals surface area contributed by atoms with Gasteiger partial charge in [-0.3, -0.25) is 0 Å². The zero-order valence-electron chi connectivity index (χ0n) is 15.8. The van der Waals surface area contributed by atoms with Crippen molar-refractivity contribution in [2.45, 2.75) is 6.92 Å². The van der Waals surface area contributed by atoms with Gasteiger partial charge in [-0.05, 0) is 19.1 Å². The van der Waals surface area contributed by atoms with E-state index in [1.807, 2.05) is 6.92 Å². The van der Waals surface area contributed by atoms with Gasteiger partial charge in [0.15, 0.2) is 0 Å². The molecule has 1 unspecified atom stereocenters. The molecule has 0 fully saturated rings. The highest BCUT2D eigenvalue weighted by molar-refractivity contribution is 5.92. The van der Waals surface area contributed by atoms with Gasteiger partial charge in [-0.15, -0.1) is 0 Å². The highest BCUT2D eigenvalue weighted by atomic mass is 16.5. The molecular formula is C21H21NO6. The Morgan fingerprint density at radius 2 is 1.79 bits per heavy atom. The topological polar surface area (TPSA) is 82.1 Å². The van der Waals surface area contributed by atoms with Crippen molar-refractivity contribution in [2.75, 3.05) is 14.2 Å². The molecule has 7 heteroatoms. The molecular weight excluding hydrogens is 362 g/mol. The van der Waals surface area contributed by atoms with E-state index >= 15 is 0 Å². The molecule has 1 atom stereocenters. The van der Waals surface area contributed by atoms with Crippen molar-refractivity contribution in [2.24, 2.45) is 5.92 Å². The fourth-order valence-corrected chi connectivity index (χ4v) is 2.41. The lowest BCUT2D eigenvalue weighted by molar-refractivity contribution is -0.136. The lowest BCUT2D eigenvalue weighted by Crippen LogP contribution is -2.19. The molecule has 1 aliphatic heterocycles. The van der Waals surface area contributed by atoms with E-state index < -0.39 is 23.8 Å². The second kappa shape index (κ2) is 9.91. The van der Waals surface area contributed by atoms with Gasteiger partial charge in [0.1, 0.15) is 6.26 Å². The predicted octanol–water partition coefficient (Wildman–Crippen LogP) is 2.94. The van der Waals surface area contributed by atoms with E-state index in [1.54, 1.807) is 59.8 Å². The molecule has 7 nitrogen and oxygen atoms in total. The van der Waals surface area contributed by atoms with Crippen molar-refractivity contribution in [3.05, 3.63) is 84.1 Å². The molecule has 1 aromatic rings. The zero-order chi connectivity index (χ0) is 20.5. The summed E-state index contributed by atoms with van der Waals surface area (Å²) in [6.07, 6.45) is 9.12. The van der Waals surface area contributed by atoms with E-state index in [9.17, 15) is 14.4 Å². The number of nitrogens with zero attached hydrogens (tertiary/aromatic N) is 1. The molecule has 0 saturated heterocycles. The number of rotatable bonds is 6. The van der Waals surface area contributed by atoms with Gasteiger partial charge in [-0.1, -0.05) is 30.4 Å². The Balaban J connectivity index is 2.18. The molecule has 1 heterocycles. The number of methoxy groups -OCH3 is 2. The van der Waals surface area contributed by atoms with E-state index in [-0.39, 0.29) is 5.57 Å². The molecule has 0 aliphatic carbocycles. The van der Waals surface area contributed by atoms with Gasteiger partial charge in [0, 0.05) is 30.1 Å². The largest absolute Gasteiger partial charge is 0.466 e. The Morgan fingerprint density at radius 1 is 1.07 bits per heavy atom. The number of ether oxygens (including phenoxy) is 3. The summed E-state index contributed by atoms with van der Waals surface area (Å²) in [6.45, 7) is 1.81. The SMILES string of the molecule is COC(=O)/C=C/N1C=CC(/C(=C\OC(=O)c2ccccc2)C(=O)OC)C=C1C. The third-order valence-electron chi connectivity index (χ3n) is 3.94. The first-order valence-corrected chi connectivity index (χ1v) is 8.42. The number of benzene rings is 1. The first-order chi connectivity index (χ1) is 13.5. The van der Waals surface area contributed by atoms with Gasteiger partial charge in [0.2, 0.25) is 0 Å². The third kappa shape index (κ3) is 5.44. The Hall–Kier alpha value is -3.61. The van der Waals surface area contributed by atoms with Gasteiger partial charge >= 0.3 is 17.9 Å². The van der Waals surface area contributed by atoms with Crippen LogP contribution in [0.4, 0.5) is 0 Å². The van der Waals surface area contributed by atoms with Crippen LogP contribution >= 0.6 is 0 Å². The highest BCUT2D eigenvalue weighted by Crippen LogP contribution is 2.25. The molecule has 1 aromatic carbocycles. The van der Waals surface area contributed by atoms with Crippen LogP contribution in [0.5, 0.6) is 0 Å². The van der Waals surface area contributed by atoms with E-state index in [4.69, 9.17) is 9.47 Å². The average molecular weight is 383 g/mol. The van der Waals surface area contributed by atoms with E-state index in [0.29, 0.717) is 5.56 Å². The Kier molecular flexibility index (Phi) is 7.33. The van der Waals surface area contributed by atoms with Gasteiger partial charge in [-0.2, -0.15) is 0 Å². The van der Waals surface area contributed by atoms with Crippen LogP contribution in [0.25, 0.3) is 0 Å². The van der Waals surface area contributed by atoms with Crippen molar-refractivity contribution in [3.63, 3.8) is 0 Å². The van der Waals surface area contributed by atoms with Crippen LogP contribution in [-0.4, -0.2) is 37.0 Å². The zero-order valence-corrected chi connectivity index (χ0v) is 15.8. The molecule has 0 saturated carbocycles. The maximum atomic E-state index is 12.2. The van der Waals surface area contributed by atoms with Crippen LogP contribution in [0.1, 0.15) is 17.3 Å². The van der Waals surface area contributed by atoms with E-state index in [2.05, 4.69) is 4.74 Å². The summed E-state index contributed by atoms with van der Waals surface area (Å²) < 4.78 is 14.5. The summed E-state index contributed by atoms with van der Waals surface area (Å²) in [5.74, 6) is -2.13. The van der Waals surface area contributed by atoms with Gasteiger partial charge in [0.25, 0.3) is 0 Å². The van der Waals surface area contributed by atoms with Crippen molar-refractivity contribution in [3.8, 4) is 0 Å². The quantitative estimate of drug-likeness (QED) is 0.323. The number of esters is 3. The van der Waals surface area contributed by atoms with Crippen LogP contribution in [0.3, 0.4) is 0 Å². The van der Waals surface area contributed by atoms with E-state index in [1.165, 1.54) is 20.3 Å². The molecule has 0 amide bonds. The van der Waals surface area contributed by atoms with Gasteiger partial charge in [-0.25, -0.2) is 14.4 Å². The number of carbonyl (C=O) groups excluding carboxylic acids is 3. The van der Waals surface area contributed by atoms with Gasteiger partial charge < -0.3 is 19.1 Å². The summed E-state index contributed by atoms with van der Waals surface area (Å²) in [5.41, 5.74) is 1.30. The van der Waals surface area contributed by atoms with Crippen LogP contribution < -0.4 is 0 Å². The first-order valence-electron chi connectivity index (χ1n) is 8.42. The predicted molar refractivity (Wildman–Crippen MR) is 101 cm³/mol. The minimum atomic E-state index is -0.613. The first kappa shape index (κ1) is 20.7. The molecule has 0 aromatic heterocycles. The lowest BCUT2D eigenvalue weighted by atomic mass is 9.96. The summed E-state index contributed by atoms with van der Waals surface area (Å²) in [6, 6.07) is 8.45. The smallest absolute Gasteiger partial charge is 0.342 e.